The van der Waals surface area contributed by atoms with E-state index in [2.05, 4.69) is 41.4 Å². The van der Waals surface area contributed by atoms with Crippen molar-refractivity contribution in [2.45, 2.75) is 141 Å². The lowest BCUT2D eigenvalue weighted by atomic mass is 9.43. The number of carbonyl (C=O) groups excluding carboxylic acids is 4. The molecule has 7 N–H and O–H groups in total. The van der Waals surface area contributed by atoms with Gasteiger partial charge >= 0.3 is 11.9 Å². The fourth-order valence-corrected chi connectivity index (χ4v) is 13.6. The highest BCUT2D eigenvalue weighted by atomic mass is 35.5. The van der Waals surface area contributed by atoms with Crippen molar-refractivity contribution >= 4 is 52.2 Å². The van der Waals surface area contributed by atoms with E-state index in [1.807, 2.05) is 0 Å². The number of halogens is 2. The van der Waals surface area contributed by atoms with Crippen LogP contribution in [0.15, 0.2) is 42.6 Å². The van der Waals surface area contributed by atoms with Gasteiger partial charge in [-0.05, 0) is 128 Å². The van der Waals surface area contributed by atoms with E-state index in [4.69, 9.17) is 16.3 Å². The van der Waals surface area contributed by atoms with Gasteiger partial charge in [0.05, 0.1) is 36.4 Å². The molecule has 3 unspecified atom stereocenters. The Morgan fingerprint density at radius 3 is 2.40 bits per heavy atom. The molecule has 17 heteroatoms. The number of aliphatic hydroxyl groups excluding tert-OH is 3. The molecule has 4 saturated carbocycles. The summed E-state index contributed by atoms with van der Waals surface area (Å²) in [5, 5.41) is 50.1. The van der Waals surface area contributed by atoms with Crippen LogP contribution in [0.2, 0.25) is 5.15 Å². The van der Waals surface area contributed by atoms with Crippen molar-refractivity contribution in [3.05, 3.63) is 64.8 Å². The fraction of sp³-hybridized carbons (Fsp3) is 0.640. The van der Waals surface area contributed by atoms with Crippen LogP contribution in [0.5, 0.6) is 0 Å². The monoisotopic (exact) mass is 949 g/mol. The number of piperidine rings is 1. The number of amides is 3. The highest BCUT2D eigenvalue weighted by Crippen LogP contribution is 2.68. The number of aromatic amines is 1. The van der Waals surface area contributed by atoms with Gasteiger partial charge in [0.1, 0.15) is 34.9 Å². The highest BCUT2D eigenvalue weighted by molar-refractivity contribution is 6.30. The van der Waals surface area contributed by atoms with Gasteiger partial charge in [-0.2, -0.15) is 0 Å². The summed E-state index contributed by atoms with van der Waals surface area (Å²) in [5.41, 5.74) is 0.900. The molecular weight excluding hydrogens is 885 g/mol. The number of nitrogens with zero attached hydrogens (tertiary/aromatic N) is 2. The minimum Gasteiger partial charge on any atom is -0.481 e. The fourth-order valence-electron chi connectivity index (χ4n) is 13.4. The molecule has 0 spiro atoms. The third kappa shape index (κ3) is 10.1. The number of hydrogen-bond acceptors (Lipinski definition) is 10. The third-order valence-electron chi connectivity index (χ3n) is 17.1. The van der Waals surface area contributed by atoms with Crippen molar-refractivity contribution in [3.8, 4) is 0 Å². The minimum absolute atomic E-state index is 0.0213. The van der Waals surface area contributed by atoms with E-state index < -0.39 is 77.7 Å². The lowest BCUT2D eigenvalue weighted by Gasteiger charge is -2.63. The molecule has 0 radical (unpaired) electrons. The van der Waals surface area contributed by atoms with Crippen LogP contribution in [-0.4, -0.2) is 115 Å². The first kappa shape index (κ1) is 48.8. The average Bonchev–Trinajstić information content (AvgIpc) is 3.88. The van der Waals surface area contributed by atoms with Crippen LogP contribution in [0.3, 0.4) is 0 Å². The van der Waals surface area contributed by atoms with Crippen LogP contribution in [0.4, 0.5) is 4.39 Å². The van der Waals surface area contributed by atoms with Crippen LogP contribution < -0.4 is 10.6 Å². The lowest BCUT2D eigenvalue weighted by Crippen LogP contribution is -2.62. The first-order valence-corrected chi connectivity index (χ1v) is 24.5. The largest absolute Gasteiger partial charge is 0.481 e. The number of pyridine rings is 1. The van der Waals surface area contributed by atoms with E-state index in [1.165, 1.54) is 18.3 Å². The predicted molar refractivity (Wildman–Crippen MR) is 245 cm³/mol. The van der Waals surface area contributed by atoms with Gasteiger partial charge < -0.3 is 45.7 Å². The van der Waals surface area contributed by atoms with E-state index in [0.29, 0.717) is 42.1 Å². The standard InChI is InChI=1S/C50H65ClFN5O10/c1-26(33-9-10-34-45-35(23-41(60)50(33,34)3)49(2)15-12-31(58)21-29(49)22-40(45)59)4-11-43(61)55-38(24-44(62)63)48(66)67-32-13-16-57(17-14-32)47(65)37(18-27-5-7-30(52)8-6-27)56-46(64)36-19-28-20-42(51)53-25-39(28)54-36/h5-8,19-20,25-26,29,31-35,37-38,40-41,45,54,58-60H,4,9-18,21-24H2,1-3H3,(H,55,61)(H,56,64)(H,62,63)/t26-,29+,31-,33-,34?,35?,37+,38+,40-,41+,45?,49+,50-/m1/s1. The Labute approximate surface area is 394 Å². The van der Waals surface area contributed by atoms with Gasteiger partial charge in [-0.15, -0.1) is 0 Å². The molecule has 1 aromatic carbocycles. The molecule has 13 atom stereocenters. The number of likely N-dealkylation sites (tertiary alicyclic amines) is 1. The molecule has 3 aromatic rings. The smallest absolute Gasteiger partial charge is 0.329 e. The van der Waals surface area contributed by atoms with Gasteiger partial charge in [-0.3, -0.25) is 19.2 Å². The van der Waals surface area contributed by atoms with Crippen molar-refractivity contribution in [1.82, 2.24) is 25.5 Å². The number of carbonyl (C=O) groups is 5. The Hall–Kier alpha value is -4.64. The Morgan fingerprint density at radius 1 is 0.955 bits per heavy atom. The summed E-state index contributed by atoms with van der Waals surface area (Å²) in [6.45, 7) is 6.87. The number of carboxylic acids is 1. The molecule has 15 nitrogen and oxygen atoms in total. The number of rotatable bonds is 14. The van der Waals surface area contributed by atoms with Crippen molar-refractivity contribution in [3.63, 3.8) is 0 Å². The summed E-state index contributed by atoms with van der Waals surface area (Å²) >= 11 is 6.03. The van der Waals surface area contributed by atoms with E-state index in [0.717, 1.165) is 25.7 Å². The predicted octanol–water partition coefficient (Wildman–Crippen LogP) is 5.57. The van der Waals surface area contributed by atoms with Crippen LogP contribution in [0, 0.1) is 52.2 Å². The van der Waals surface area contributed by atoms with Crippen LogP contribution in [0.25, 0.3) is 10.9 Å². The number of ether oxygens (including phenoxy) is 1. The molecule has 4 aliphatic carbocycles. The van der Waals surface area contributed by atoms with Gasteiger partial charge in [-0.25, -0.2) is 14.2 Å². The maximum Gasteiger partial charge on any atom is 0.329 e. The molecule has 5 fully saturated rings. The summed E-state index contributed by atoms with van der Waals surface area (Å²) in [7, 11) is 0. The molecule has 1 saturated heterocycles. The molecule has 364 valence electrons. The normalized spacial score (nSPS) is 32.0. The van der Waals surface area contributed by atoms with E-state index in [-0.39, 0.29) is 96.6 Å². The maximum atomic E-state index is 14.0. The van der Waals surface area contributed by atoms with E-state index in [9.17, 15) is 48.8 Å². The zero-order valence-electron chi connectivity index (χ0n) is 38.5. The molecule has 3 heterocycles. The molecule has 3 amide bonds. The van der Waals surface area contributed by atoms with Crippen molar-refractivity contribution in [2.24, 2.45) is 46.3 Å². The summed E-state index contributed by atoms with van der Waals surface area (Å²) < 4.78 is 19.5. The number of hydrogen-bond donors (Lipinski definition) is 7. The number of esters is 1. The molecule has 1 aliphatic heterocycles. The lowest BCUT2D eigenvalue weighted by molar-refractivity contribution is -0.207. The SMILES string of the molecule is C[C@H](CCC(=O)N[C@@H](CC(=O)O)C(=O)OC1CCN(C(=O)[C@H](Cc2ccc(F)cc2)NC(=O)c2cc3cc(Cl)ncc3[nH]2)CC1)[C@H]1CCC2C3C(C[C@H](O)[C@@]21C)[C@@]1(C)CC[C@@H](O)C[C@H]1C[C@H]3O. The Balaban J connectivity index is 0.844. The zero-order valence-corrected chi connectivity index (χ0v) is 39.2. The molecule has 8 rings (SSSR count). The second-order valence-corrected chi connectivity index (χ2v) is 21.2. The quantitative estimate of drug-likeness (QED) is 0.0781. The van der Waals surface area contributed by atoms with Gasteiger partial charge in [0.15, 0.2) is 0 Å². The summed E-state index contributed by atoms with van der Waals surface area (Å²) in [6.07, 6.45) is 5.10. The van der Waals surface area contributed by atoms with E-state index in [1.54, 1.807) is 29.2 Å². The third-order valence-corrected chi connectivity index (χ3v) is 17.3. The number of H-pyrrole nitrogens is 1. The van der Waals surface area contributed by atoms with Crippen LogP contribution >= 0.6 is 11.6 Å². The van der Waals surface area contributed by atoms with Gasteiger partial charge in [0, 0.05) is 44.2 Å². The Morgan fingerprint density at radius 2 is 1.69 bits per heavy atom. The van der Waals surface area contributed by atoms with Crippen molar-refractivity contribution in [2.75, 3.05) is 13.1 Å². The number of aliphatic hydroxyl groups is 3. The van der Waals surface area contributed by atoms with Gasteiger partial charge in [0.2, 0.25) is 11.8 Å². The molecule has 67 heavy (non-hydrogen) atoms. The summed E-state index contributed by atoms with van der Waals surface area (Å²) in [6, 6.07) is 6.37. The molecule has 0 bridgehead atoms. The topological polar surface area (TPSA) is 231 Å². The van der Waals surface area contributed by atoms with Crippen molar-refractivity contribution in [1.29, 1.82) is 0 Å². The number of benzene rings is 1. The van der Waals surface area contributed by atoms with Crippen molar-refractivity contribution < 1.29 is 53.5 Å². The molecule has 5 aliphatic rings. The Bertz CT molecular complexity index is 2320. The van der Waals surface area contributed by atoms with Crippen LogP contribution in [-0.2, 0) is 30.3 Å². The number of aliphatic carboxylic acids is 1. The first-order chi connectivity index (χ1) is 31.8. The number of carboxylic acid groups (broad SMARTS) is 1. The zero-order chi connectivity index (χ0) is 47.9. The number of aromatic nitrogens is 2. The number of fused-ring (bicyclic) bond motifs is 6. The highest BCUT2D eigenvalue weighted by Gasteiger charge is 2.65. The van der Waals surface area contributed by atoms with E-state index >= 15 is 0 Å². The minimum atomic E-state index is -1.43. The molecular formula is C50H65ClFN5O10. The maximum absolute atomic E-state index is 14.0. The number of nitrogens with one attached hydrogen (secondary N) is 3. The van der Waals surface area contributed by atoms with Gasteiger partial charge in [-0.1, -0.05) is 44.5 Å². The molecule has 2 aromatic heterocycles. The Kier molecular flexibility index (Phi) is 14.4. The second-order valence-electron chi connectivity index (χ2n) is 20.9. The van der Waals surface area contributed by atoms with Crippen LogP contribution in [0.1, 0.15) is 114 Å². The van der Waals surface area contributed by atoms with Gasteiger partial charge in [0.25, 0.3) is 5.91 Å². The second kappa shape index (κ2) is 19.8. The summed E-state index contributed by atoms with van der Waals surface area (Å²) in [5.74, 6) is -3.34. The summed E-state index contributed by atoms with van der Waals surface area (Å²) in [4.78, 5) is 74.9. The average molecular weight is 951 g/mol. The first-order valence-electron chi connectivity index (χ1n) is 24.1.